The average Bonchev–Trinajstić information content (AvgIpc) is 3.11. The number of hydrogen-bond donors (Lipinski definition) is 0. The van der Waals surface area contributed by atoms with E-state index in [4.69, 9.17) is 9.47 Å². The lowest BCUT2D eigenvalue weighted by Crippen LogP contribution is -2.48. The number of rotatable bonds is 5. The van der Waals surface area contributed by atoms with Gasteiger partial charge in [0, 0.05) is 24.5 Å². The van der Waals surface area contributed by atoms with Gasteiger partial charge in [0.15, 0.2) is 0 Å². The average molecular weight is 419 g/mol. The van der Waals surface area contributed by atoms with Crippen molar-refractivity contribution in [3.63, 3.8) is 0 Å². The molecule has 2 aromatic carbocycles. The Morgan fingerprint density at radius 3 is 2.29 bits per heavy atom. The molecule has 5 nitrogen and oxygen atoms in total. The van der Waals surface area contributed by atoms with Crippen molar-refractivity contribution in [3.05, 3.63) is 71.9 Å². The maximum Gasteiger partial charge on any atom is 0.255 e. The Hall–Kier alpha value is -3.05. The van der Waals surface area contributed by atoms with E-state index in [0.717, 1.165) is 34.0 Å². The zero-order valence-electron chi connectivity index (χ0n) is 18.7. The highest BCUT2D eigenvalue weighted by atomic mass is 16.5. The number of carbonyl (C=O) groups is 1. The van der Waals surface area contributed by atoms with Crippen LogP contribution < -0.4 is 4.74 Å². The molecule has 2 atom stereocenters. The third-order valence-corrected chi connectivity index (χ3v) is 5.66. The molecule has 3 aromatic rings. The lowest BCUT2D eigenvalue weighted by atomic mass is 10.1. The molecule has 2 heterocycles. The van der Waals surface area contributed by atoms with Crippen molar-refractivity contribution in [1.29, 1.82) is 0 Å². The summed E-state index contributed by atoms with van der Waals surface area (Å²) in [5.74, 6) is 0.895. The highest BCUT2D eigenvalue weighted by Gasteiger charge is 2.29. The molecular formula is C26H30N2O3. The Balaban J connectivity index is 1.78. The molecule has 0 saturated carbocycles. The topological polar surface area (TPSA) is 43.7 Å². The monoisotopic (exact) mass is 418 g/mol. The fraction of sp³-hybridized carbons (Fsp3) is 0.346. The van der Waals surface area contributed by atoms with Gasteiger partial charge in [-0.3, -0.25) is 4.79 Å². The van der Waals surface area contributed by atoms with Gasteiger partial charge in [0.2, 0.25) is 0 Å². The minimum Gasteiger partial charge on any atom is -0.494 e. The van der Waals surface area contributed by atoms with Crippen molar-refractivity contribution in [2.24, 2.45) is 0 Å². The first kappa shape index (κ1) is 21.2. The van der Waals surface area contributed by atoms with Crippen molar-refractivity contribution in [2.75, 3.05) is 19.7 Å². The normalized spacial score (nSPS) is 18.8. The summed E-state index contributed by atoms with van der Waals surface area (Å²) < 4.78 is 13.6. The number of ether oxygens (including phenoxy) is 2. The molecule has 0 radical (unpaired) electrons. The van der Waals surface area contributed by atoms with Crippen LogP contribution in [-0.4, -0.2) is 47.3 Å². The summed E-state index contributed by atoms with van der Waals surface area (Å²) in [6.07, 6.45) is 0.0737. The Labute approximate surface area is 184 Å². The predicted octanol–water partition coefficient (Wildman–Crippen LogP) is 5.10. The van der Waals surface area contributed by atoms with Crippen molar-refractivity contribution < 1.29 is 14.3 Å². The minimum atomic E-state index is 0.0368. The summed E-state index contributed by atoms with van der Waals surface area (Å²) >= 11 is 0. The lowest BCUT2D eigenvalue weighted by molar-refractivity contribution is -0.0586. The standard InChI is InChI=1S/C26H30N2O3/c1-5-30-23-13-11-22(12-14-23)28-20(4)24(15-25(28)21-9-7-6-8-10-21)26(29)27-16-18(2)31-19(3)17-27/h6-15,18-19H,5,16-17H2,1-4H3/t18-,19-/m1/s1. The van der Waals surface area contributed by atoms with Crippen molar-refractivity contribution in [2.45, 2.75) is 39.9 Å². The molecule has 0 bridgehead atoms. The minimum absolute atomic E-state index is 0.0368. The van der Waals surface area contributed by atoms with Crippen LogP contribution in [0.2, 0.25) is 0 Å². The van der Waals surface area contributed by atoms with Gasteiger partial charge in [-0.2, -0.15) is 0 Å². The summed E-state index contributed by atoms with van der Waals surface area (Å²) in [5.41, 5.74) is 4.73. The maximum atomic E-state index is 13.5. The molecule has 1 aliphatic rings. The maximum absolute atomic E-state index is 13.5. The first-order valence-corrected chi connectivity index (χ1v) is 10.9. The molecule has 1 saturated heterocycles. The summed E-state index contributed by atoms with van der Waals surface area (Å²) in [5, 5.41) is 0. The quantitative estimate of drug-likeness (QED) is 0.579. The highest BCUT2D eigenvalue weighted by Crippen LogP contribution is 2.31. The molecule has 5 heteroatoms. The molecule has 0 unspecified atom stereocenters. The van der Waals surface area contributed by atoms with Crippen LogP contribution in [0, 0.1) is 6.92 Å². The number of hydrogen-bond acceptors (Lipinski definition) is 3. The number of carbonyl (C=O) groups excluding carboxylic acids is 1. The zero-order valence-corrected chi connectivity index (χ0v) is 18.7. The highest BCUT2D eigenvalue weighted by molar-refractivity contribution is 5.97. The zero-order chi connectivity index (χ0) is 22.0. The van der Waals surface area contributed by atoms with Crippen molar-refractivity contribution in [3.8, 4) is 22.7 Å². The van der Waals surface area contributed by atoms with Gasteiger partial charge < -0.3 is 18.9 Å². The van der Waals surface area contributed by atoms with E-state index in [9.17, 15) is 4.79 Å². The number of aromatic nitrogens is 1. The van der Waals surface area contributed by atoms with E-state index < -0.39 is 0 Å². The predicted molar refractivity (Wildman–Crippen MR) is 123 cm³/mol. The molecule has 1 fully saturated rings. The van der Waals surface area contributed by atoms with Crippen LogP contribution in [-0.2, 0) is 4.74 Å². The van der Waals surface area contributed by atoms with Gasteiger partial charge in [-0.25, -0.2) is 0 Å². The largest absolute Gasteiger partial charge is 0.494 e. The summed E-state index contributed by atoms with van der Waals surface area (Å²) in [7, 11) is 0. The van der Waals surface area contributed by atoms with Crippen molar-refractivity contribution >= 4 is 5.91 Å². The molecule has 1 aliphatic heterocycles. The number of morpholine rings is 1. The molecule has 4 rings (SSSR count). The lowest BCUT2D eigenvalue weighted by Gasteiger charge is -2.35. The Kier molecular flexibility index (Phi) is 6.14. The fourth-order valence-electron chi connectivity index (χ4n) is 4.35. The molecule has 162 valence electrons. The molecular weight excluding hydrogens is 388 g/mol. The van der Waals surface area contributed by atoms with E-state index in [1.165, 1.54) is 0 Å². The Morgan fingerprint density at radius 2 is 1.68 bits per heavy atom. The smallest absolute Gasteiger partial charge is 0.255 e. The molecule has 1 aromatic heterocycles. The summed E-state index contributed by atoms with van der Waals surface area (Å²) in [4.78, 5) is 15.4. The molecule has 0 N–H and O–H groups in total. The van der Waals surface area contributed by atoms with Crippen LogP contribution in [0.1, 0.15) is 36.8 Å². The Morgan fingerprint density at radius 1 is 1.03 bits per heavy atom. The van der Waals surface area contributed by atoms with Gasteiger partial charge in [-0.1, -0.05) is 30.3 Å². The third-order valence-electron chi connectivity index (χ3n) is 5.66. The van der Waals surface area contributed by atoms with Gasteiger partial charge in [0.25, 0.3) is 5.91 Å². The molecule has 0 spiro atoms. The Bertz CT molecular complexity index is 1030. The first-order valence-electron chi connectivity index (χ1n) is 10.9. The van der Waals surface area contributed by atoms with E-state index in [0.29, 0.717) is 19.7 Å². The van der Waals surface area contributed by atoms with E-state index in [-0.39, 0.29) is 18.1 Å². The third kappa shape index (κ3) is 4.37. The van der Waals surface area contributed by atoms with Crippen LogP contribution in [0.25, 0.3) is 16.9 Å². The van der Waals surface area contributed by atoms with Crippen LogP contribution >= 0.6 is 0 Å². The summed E-state index contributed by atoms with van der Waals surface area (Å²) in [6, 6.07) is 20.2. The van der Waals surface area contributed by atoms with Gasteiger partial charge in [-0.15, -0.1) is 0 Å². The number of amides is 1. The second-order valence-corrected chi connectivity index (χ2v) is 8.12. The van der Waals surface area contributed by atoms with Gasteiger partial charge in [-0.05, 0) is 63.6 Å². The van der Waals surface area contributed by atoms with Crippen LogP contribution in [0.3, 0.4) is 0 Å². The van der Waals surface area contributed by atoms with Gasteiger partial charge >= 0.3 is 0 Å². The fourth-order valence-corrected chi connectivity index (χ4v) is 4.35. The first-order chi connectivity index (χ1) is 15.0. The van der Waals surface area contributed by atoms with Gasteiger partial charge in [0.05, 0.1) is 30.1 Å². The number of nitrogens with zero attached hydrogens (tertiary/aromatic N) is 2. The van der Waals surface area contributed by atoms with Crippen LogP contribution in [0.5, 0.6) is 5.75 Å². The van der Waals surface area contributed by atoms with E-state index >= 15 is 0 Å². The SMILES string of the molecule is CCOc1ccc(-n2c(-c3ccccc3)cc(C(=O)N3C[C@@H](C)O[C@H](C)C3)c2C)cc1. The molecule has 31 heavy (non-hydrogen) atoms. The molecule has 0 aliphatic carbocycles. The summed E-state index contributed by atoms with van der Waals surface area (Å²) in [6.45, 7) is 9.88. The van der Waals surface area contributed by atoms with Crippen LogP contribution in [0.15, 0.2) is 60.7 Å². The second kappa shape index (κ2) is 8.98. The van der Waals surface area contributed by atoms with Crippen LogP contribution in [0.4, 0.5) is 0 Å². The van der Waals surface area contributed by atoms with E-state index in [1.807, 2.05) is 81.1 Å². The van der Waals surface area contributed by atoms with Gasteiger partial charge in [0.1, 0.15) is 5.75 Å². The van der Waals surface area contributed by atoms with E-state index in [1.54, 1.807) is 0 Å². The number of benzene rings is 2. The van der Waals surface area contributed by atoms with E-state index in [2.05, 4.69) is 16.7 Å². The van der Waals surface area contributed by atoms with Crippen molar-refractivity contribution in [1.82, 2.24) is 9.47 Å². The second-order valence-electron chi connectivity index (χ2n) is 8.12. The molecule has 1 amide bonds.